The molecule has 1 unspecified atom stereocenters. The van der Waals surface area contributed by atoms with Crippen molar-refractivity contribution in [3.05, 3.63) is 57.5 Å². The van der Waals surface area contributed by atoms with Gasteiger partial charge in [0.05, 0.1) is 5.56 Å². The minimum absolute atomic E-state index is 0.247. The van der Waals surface area contributed by atoms with Crippen LogP contribution in [0.15, 0.2) is 35.7 Å². The maximum atomic E-state index is 14.1. The fourth-order valence-electron chi connectivity index (χ4n) is 2.17. The second-order valence-electron chi connectivity index (χ2n) is 5.13. The number of carboxylic acid groups (broad SMARTS) is 1. The van der Waals surface area contributed by atoms with E-state index in [0.717, 1.165) is 6.42 Å². The van der Waals surface area contributed by atoms with Crippen molar-refractivity contribution < 1.29 is 14.3 Å². The van der Waals surface area contributed by atoms with Gasteiger partial charge in [0.2, 0.25) is 0 Å². The van der Waals surface area contributed by atoms with Gasteiger partial charge in [-0.3, -0.25) is 4.90 Å². The van der Waals surface area contributed by atoms with E-state index in [1.165, 1.54) is 10.9 Å². The van der Waals surface area contributed by atoms with Crippen LogP contribution in [0.4, 0.5) is 4.39 Å². The molecule has 1 N–H and O–H groups in total. The number of halogens is 1. The lowest BCUT2D eigenvalue weighted by Crippen LogP contribution is -2.30. The summed E-state index contributed by atoms with van der Waals surface area (Å²) in [7, 11) is 1.92. The van der Waals surface area contributed by atoms with Gasteiger partial charge in [-0.15, -0.1) is 11.3 Å². The van der Waals surface area contributed by atoms with Crippen LogP contribution in [0.25, 0.3) is 0 Å². The molecular weight excluding hydrogens is 289 g/mol. The summed E-state index contributed by atoms with van der Waals surface area (Å²) >= 11 is 1.71. The lowest BCUT2D eigenvalue weighted by molar-refractivity contribution is 0.0691. The second kappa shape index (κ2) is 6.83. The van der Waals surface area contributed by atoms with Gasteiger partial charge >= 0.3 is 5.97 Å². The Hall–Kier alpha value is -1.72. The molecule has 2 aromatic rings. The van der Waals surface area contributed by atoms with Crippen molar-refractivity contribution in [1.82, 2.24) is 4.90 Å². The van der Waals surface area contributed by atoms with Crippen molar-refractivity contribution in [1.29, 1.82) is 0 Å². The number of benzene rings is 1. The van der Waals surface area contributed by atoms with Crippen LogP contribution in [0, 0.1) is 5.82 Å². The predicted octanol–water partition coefficient (Wildman–Crippen LogP) is 3.65. The van der Waals surface area contributed by atoms with Crippen molar-refractivity contribution in [3.63, 3.8) is 0 Å². The van der Waals surface area contributed by atoms with Crippen LogP contribution in [-0.4, -0.2) is 29.1 Å². The lowest BCUT2D eigenvalue weighted by atomic mass is 10.1. The normalized spacial score (nSPS) is 12.6. The van der Waals surface area contributed by atoms with E-state index in [4.69, 9.17) is 5.11 Å². The zero-order valence-electron chi connectivity index (χ0n) is 12.0. The van der Waals surface area contributed by atoms with Crippen LogP contribution in [0.1, 0.15) is 27.7 Å². The molecule has 5 heteroatoms. The van der Waals surface area contributed by atoms with Gasteiger partial charge in [-0.25, -0.2) is 9.18 Å². The van der Waals surface area contributed by atoms with Gasteiger partial charge in [0, 0.05) is 23.0 Å². The molecule has 0 amide bonds. The van der Waals surface area contributed by atoms with Gasteiger partial charge < -0.3 is 5.11 Å². The second-order valence-corrected chi connectivity index (χ2v) is 6.16. The Balaban J connectivity index is 2.07. The van der Waals surface area contributed by atoms with Crippen molar-refractivity contribution in [2.75, 3.05) is 7.05 Å². The molecule has 0 aliphatic heterocycles. The Morgan fingerprint density at radius 2 is 2.14 bits per heavy atom. The minimum atomic E-state index is -1.23. The molecule has 0 radical (unpaired) electrons. The van der Waals surface area contributed by atoms with E-state index in [0.29, 0.717) is 12.1 Å². The van der Waals surface area contributed by atoms with E-state index in [1.807, 2.05) is 23.4 Å². The fraction of sp³-hybridized carbons (Fsp3) is 0.312. The molecule has 21 heavy (non-hydrogen) atoms. The maximum absolute atomic E-state index is 14.1. The average molecular weight is 307 g/mol. The number of likely N-dealkylation sites (N-methyl/N-ethyl adjacent to an activating group) is 1. The molecule has 1 aromatic heterocycles. The van der Waals surface area contributed by atoms with Crippen LogP contribution >= 0.6 is 11.3 Å². The molecule has 0 aliphatic rings. The number of aromatic carboxylic acids is 1. The van der Waals surface area contributed by atoms with Gasteiger partial charge in [-0.2, -0.15) is 0 Å². The summed E-state index contributed by atoms with van der Waals surface area (Å²) in [6.45, 7) is 2.47. The SMILES string of the molecule is CC(Cc1cccs1)N(C)Cc1cccc(C(=O)O)c1F. The molecule has 1 atom stereocenters. The van der Waals surface area contributed by atoms with Crippen LogP contribution in [0.2, 0.25) is 0 Å². The zero-order valence-corrected chi connectivity index (χ0v) is 12.9. The summed E-state index contributed by atoms with van der Waals surface area (Å²) in [4.78, 5) is 14.3. The third kappa shape index (κ3) is 3.89. The summed E-state index contributed by atoms with van der Waals surface area (Å²) in [5.41, 5.74) is 0.141. The van der Waals surface area contributed by atoms with E-state index < -0.39 is 11.8 Å². The molecule has 3 nitrogen and oxygen atoms in total. The minimum Gasteiger partial charge on any atom is -0.478 e. The van der Waals surface area contributed by atoms with Gasteiger partial charge in [-0.05, 0) is 37.9 Å². The summed E-state index contributed by atoms with van der Waals surface area (Å²) in [6.07, 6.45) is 0.897. The first-order chi connectivity index (χ1) is 9.99. The first kappa shape index (κ1) is 15.7. The Bertz CT molecular complexity index is 613. The van der Waals surface area contributed by atoms with E-state index in [2.05, 4.69) is 13.0 Å². The zero-order chi connectivity index (χ0) is 15.4. The molecule has 0 aliphatic carbocycles. The standard InChI is InChI=1S/C16H18FNO2S/c1-11(9-13-6-4-8-21-13)18(2)10-12-5-3-7-14(15(12)17)16(19)20/h3-8,11H,9-10H2,1-2H3,(H,19,20). The number of hydrogen-bond acceptors (Lipinski definition) is 3. The number of carboxylic acids is 1. The van der Waals surface area contributed by atoms with E-state index in [1.54, 1.807) is 23.5 Å². The Morgan fingerprint density at radius 3 is 2.76 bits per heavy atom. The Labute approximate surface area is 127 Å². The quantitative estimate of drug-likeness (QED) is 0.885. The molecular formula is C16H18FNO2S. The summed E-state index contributed by atoms with van der Waals surface area (Å²) in [5, 5.41) is 11.0. The van der Waals surface area contributed by atoms with E-state index in [9.17, 15) is 9.18 Å². The molecule has 0 spiro atoms. The van der Waals surface area contributed by atoms with Crippen LogP contribution in [0.5, 0.6) is 0 Å². The van der Waals surface area contributed by atoms with Crippen molar-refractivity contribution in [3.8, 4) is 0 Å². The summed E-state index contributed by atoms with van der Waals surface area (Å²) < 4.78 is 14.1. The first-order valence-corrected chi connectivity index (χ1v) is 7.60. The number of hydrogen-bond donors (Lipinski definition) is 1. The van der Waals surface area contributed by atoms with Crippen molar-refractivity contribution >= 4 is 17.3 Å². The molecule has 112 valence electrons. The first-order valence-electron chi connectivity index (χ1n) is 6.72. The fourth-order valence-corrected chi connectivity index (χ4v) is 2.99. The van der Waals surface area contributed by atoms with Gasteiger partial charge in [0.15, 0.2) is 0 Å². The topological polar surface area (TPSA) is 40.5 Å². The summed E-state index contributed by atoms with van der Waals surface area (Å²) in [6, 6.07) is 8.85. The van der Waals surface area contributed by atoms with Gasteiger partial charge in [-0.1, -0.05) is 18.2 Å². The van der Waals surface area contributed by atoms with Crippen molar-refractivity contribution in [2.24, 2.45) is 0 Å². The molecule has 0 saturated carbocycles. The highest BCUT2D eigenvalue weighted by molar-refractivity contribution is 7.09. The number of thiophene rings is 1. The van der Waals surface area contributed by atoms with Crippen LogP contribution < -0.4 is 0 Å². The largest absolute Gasteiger partial charge is 0.478 e. The highest BCUT2D eigenvalue weighted by Gasteiger charge is 2.17. The smallest absolute Gasteiger partial charge is 0.338 e. The number of carbonyl (C=O) groups is 1. The van der Waals surface area contributed by atoms with Gasteiger partial charge in [0.1, 0.15) is 5.82 Å². The highest BCUT2D eigenvalue weighted by atomic mass is 32.1. The Morgan fingerprint density at radius 1 is 1.38 bits per heavy atom. The molecule has 0 bridgehead atoms. The predicted molar refractivity (Wildman–Crippen MR) is 82.3 cm³/mol. The van der Waals surface area contributed by atoms with Crippen molar-refractivity contribution in [2.45, 2.75) is 25.9 Å². The van der Waals surface area contributed by atoms with Crippen LogP contribution in [0.3, 0.4) is 0 Å². The molecule has 0 saturated heterocycles. The van der Waals surface area contributed by atoms with E-state index >= 15 is 0 Å². The lowest BCUT2D eigenvalue weighted by Gasteiger charge is -2.24. The Kier molecular flexibility index (Phi) is 5.09. The van der Waals surface area contributed by atoms with Crippen LogP contribution in [-0.2, 0) is 13.0 Å². The maximum Gasteiger partial charge on any atom is 0.338 e. The monoisotopic (exact) mass is 307 g/mol. The third-order valence-corrected chi connectivity index (χ3v) is 4.46. The van der Waals surface area contributed by atoms with E-state index in [-0.39, 0.29) is 11.6 Å². The summed E-state index contributed by atoms with van der Waals surface area (Å²) in [5.74, 6) is -1.87. The molecule has 2 rings (SSSR count). The third-order valence-electron chi connectivity index (χ3n) is 3.56. The average Bonchev–Trinajstić information content (AvgIpc) is 2.93. The molecule has 0 fully saturated rings. The number of rotatable bonds is 6. The van der Waals surface area contributed by atoms with Gasteiger partial charge in [0.25, 0.3) is 0 Å². The number of nitrogens with zero attached hydrogens (tertiary/aromatic N) is 1. The molecule has 1 heterocycles. The molecule has 1 aromatic carbocycles. The highest BCUT2D eigenvalue weighted by Crippen LogP contribution is 2.18.